The van der Waals surface area contributed by atoms with Crippen LogP contribution in [-0.4, -0.2) is 21.1 Å². The summed E-state index contributed by atoms with van der Waals surface area (Å²) < 4.78 is 15.6. The molecule has 0 amide bonds. The van der Waals surface area contributed by atoms with Crippen LogP contribution in [0.5, 0.6) is 0 Å². The van der Waals surface area contributed by atoms with Gasteiger partial charge in [0.15, 0.2) is 0 Å². The van der Waals surface area contributed by atoms with Crippen molar-refractivity contribution in [1.29, 1.82) is 0 Å². The van der Waals surface area contributed by atoms with Crippen LogP contribution in [0, 0.1) is 10.1 Å². The molecule has 1 atom stereocenters. The van der Waals surface area contributed by atoms with E-state index in [2.05, 4.69) is 4.36 Å². The standard InChI is InChI=1S/C9H12N2O3S/c1-3-15(2,14)10-8-5-4-6-9(7-8)11(12)13/h4-7H,3H2,1-2H3/t15-/m1/s1. The monoisotopic (exact) mass is 228 g/mol. The zero-order valence-electron chi connectivity index (χ0n) is 8.54. The maximum absolute atomic E-state index is 11.7. The Morgan fingerprint density at radius 1 is 1.53 bits per heavy atom. The van der Waals surface area contributed by atoms with E-state index in [9.17, 15) is 14.3 Å². The average molecular weight is 228 g/mol. The minimum Gasteiger partial charge on any atom is -0.258 e. The molecular weight excluding hydrogens is 216 g/mol. The maximum Gasteiger partial charge on any atom is 0.271 e. The predicted octanol–water partition coefficient (Wildman–Crippen LogP) is 2.34. The van der Waals surface area contributed by atoms with E-state index in [0.29, 0.717) is 11.4 Å². The van der Waals surface area contributed by atoms with Gasteiger partial charge in [0, 0.05) is 33.9 Å². The number of nitro benzene ring substituents is 1. The van der Waals surface area contributed by atoms with Crippen LogP contribution in [0.4, 0.5) is 11.4 Å². The van der Waals surface area contributed by atoms with Crippen LogP contribution in [0.25, 0.3) is 0 Å². The molecule has 0 aliphatic heterocycles. The summed E-state index contributed by atoms with van der Waals surface area (Å²) in [5.41, 5.74) is 0.348. The van der Waals surface area contributed by atoms with Gasteiger partial charge in [0.2, 0.25) is 0 Å². The summed E-state index contributed by atoms with van der Waals surface area (Å²) in [7, 11) is -2.26. The number of benzene rings is 1. The summed E-state index contributed by atoms with van der Waals surface area (Å²) >= 11 is 0. The van der Waals surface area contributed by atoms with Gasteiger partial charge in [0.25, 0.3) is 5.69 Å². The first-order valence-corrected chi connectivity index (χ1v) is 6.48. The Kier molecular flexibility index (Phi) is 3.41. The van der Waals surface area contributed by atoms with Crippen LogP contribution in [0.3, 0.4) is 0 Å². The first-order chi connectivity index (χ1) is 6.94. The number of rotatable bonds is 3. The summed E-state index contributed by atoms with van der Waals surface area (Å²) in [6, 6.07) is 5.83. The SMILES string of the molecule is CC[S@@](C)(=O)=Nc1cccc([N+](=O)[O-])c1. The maximum atomic E-state index is 11.7. The highest BCUT2D eigenvalue weighted by Gasteiger charge is 2.06. The summed E-state index contributed by atoms with van der Waals surface area (Å²) in [4.78, 5) is 9.98. The molecule has 1 aromatic rings. The topological polar surface area (TPSA) is 72.6 Å². The minimum absolute atomic E-state index is 0.0393. The Morgan fingerprint density at radius 2 is 2.20 bits per heavy atom. The molecule has 0 aliphatic rings. The van der Waals surface area contributed by atoms with Gasteiger partial charge >= 0.3 is 0 Å². The summed E-state index contributed by atoms with van der Waals surface area (Å²) in [5.74, 6) is 0.426. The molecule has 0 bridgehead atoms. The largest absolute Gasteiger partial charge is 0.271 e. The van der Waals surface area contributed by atoms with E-state index in [-0.39, 0.29) is 5.69 Å². The van der Waals surface area contributed by atoms with Gasteiger partial charge in [-0.2, -0.15) is 4.36 Å². The van der Waals surface area contributed by atoms with E-state index < -0.39 is 14.7 Å². The second-order valence-corrected chi connectivity index (χ2v) is 5.80. The van der Waals surface area contributed by atoms with Crippen LogP contribution in [0.15, 0.2) is 28.6 Å². The van der Waals surface area contributed by atoms with E-state index in [1.807, 2.05) is 0 Å². The summed E-state index contributed by atoms with van der Waals surface area (Å²) in [6.07, 6.45) is 1.53. The molecule has 0 saturated carbocycles. The quantitative estimate of drug-likeness (QED) is 0.588. The minimum atomic E-state index is -2.26. The number of nitrogens with zero attached hydrogens (tertiary/aromatic N) is 2. The highest BCUT2D eigenvalue weighted by atomic mass is 32.2. The lowest BCUT2D eigenvalue weighted by Crippen LogP contribution is -1.97. The molecule has 6 heteroatoms. The third-order valence-corrected chi connectivity index (χ3v) is 3.54. The molecule has 1 rings (SSSR count). The van der Waals surface area contributed by atoms with E-state index in [1.165, 1.54) is 24.5 Å². The van der Waals surface area contributed by atoms with Gasteiger partial charge in [-0.1, -0.05) is 13.0 Å². The molecule has 0 heterocycles. The Hall–Kier alpha value is -1.43. The van der Waals surface area contributed by atoms with Gasteiger partial charge in [-0.05, 0) is 6.07 Å². The Bertz CT molecular complexity index is 490. The third kappa shape index (κ3) is 3.32. The molecule has 5 nitrogen and oxygen atoms in total. The van der Waals surface area contributed by atoms with E-state index in [0.717, 1.165) is 0 Å². The molecule has 0 radical (unpaired) electrons. The van der Waals surface area contributed by atoms with Crippen LogP contribution in [0.1, 0.15) is 6.92 Å². The lowest BCUT2D eigenvalue weighted by atomic mass is 10.3. The van der Waals surface area contributed by atoms with Crippen molar-refractivity contribution in [1.82, 2.24) is 0 Å². The molecule has 0 aromatic heterocycles. The van der Waals surface area contributed by atoms with Crippen LogP contribution < -0.4 is 0 Å². The number of non-ortho nitro benzene ring substituents is 1. The lowest BCUT2D eigenvalue weighted by Gasteiger charge is -1.99. The molecule has 1 aromatic carbocycles. The van der Waals surface area contributed by atoms with Crippen LogP contribution in [-0.2, 0) is 9.73 Å². The Labute approximate surface area is 88.5 Å². The van der Waals surface area contributed by atoms with Gasteiger partial charge in [-0.25, -0.2) is 4.21 Å². The van der Waals surface area contributed by atoms with Gasteiger partial charge in [0.05, 0.1) is 10.6 Å². The van der Waals surface area contributed by atoms with Crippen LogP contribution in [0.2, 0.25) is 0 Å². The van der Waals surface area contributed by atoms with Gasteiger partial charge in [0.1, 0.15) is 0 Å². The van der Waals surface area contributed by atoms with Crippen molar-refractivity contribution < 1.29 is 9.13 Å². The number of hydrogen-bond acceptors (Lipinski definition) is 4. The van der Waals surface area contributed by atoms with Crippen molar-refractivity contribution in [2.24, 2.45) is 4.36 Å². The van der Waals surface area contributed by atoms with Gasteiger partial charge < -0.3 is 0 Å². The van der Waals surface area contributed by atoms with E-state index in [1.54, 1.807) is 13.0 Å². The van der Waals surface area contributed by atoms with Gasteiger partial charge in [-0.15, -0.1) is 0 Å². The molecule has 0 fully saturated rings. The second kappa shape index (κ2) is 4.39. The Morgan fingerprint density at radius 3 is 2.73 bits per heavy atom. The first-order valence-electron chi connectivity index (χ1n) is 4.39. The molecule has 15 heavy (non-hydrogen) atoms. The van der Waals surface area contributed by atoms with Crippen molar-refractivity contribution >= 4 is 21.1 Å². The molecule has 0 N–H and O–H groups in total. The molecule has 0 aliphatic carbocycles. The number of hydrogen-bond donors (Lipinski definition) is 0. The first kappa shape index (κ1) is 11.6. The fourth-order valence-corrected chi connectivity index (χ4v) is 1.64. The highest BCUT2D eigenvalue weighted by Crippen LogP contribution is 2.20. The third-order valence-electron chi connectivity index (χ3n) is 1.87. The molecule has 0 unspecified atom stereocenters. The zero-order chi connectivity index (χ0) is 11.5. The zero-order valence-corrected chi connectivity index (χ0v) is 9.36. The molecule has 0 spiro atoms. The van der Waals surface area contributed by atoms with Gasteiger partial charge in [-0.3, -0.25) is 10.1 Å². The predicted molar refractivity (Wildman–Crippen MR) is 59.8 cm³/mol. The smallest absolute Gasteiger partial charge is 0.258 e. The molecule has 82 valence electrons. The van der Waals surface area contributed by atoms with Crippen LogP contribution >= 0.6 is 0 Å². The molecule has 0 saturated heterocycles. The van der Waals surface area contributed by atoms with Crippen molar-refractivity contribution in [2.45, 2.75) is 6.92 Å². The highest BCUT2D eigenvalue weighted by molar-refractivity contribution is 7.93. The lowest BCUT2D eigenvalue weighted by molar-refractivity contribution is -0.384. The van der Waals surface area contributed by atoms with Crippen molar-refractivity contribution in [3.05, 3.63) is 34.4 Å². The van der Waals surface area contributed by atoms with E-state index >= 15 is 0 Å². The molecular formula is C9H12N2O3S. The van der Waals surface area contributed by atoms with Crippen molar-refractivity contribution in [3.8, 4) is 0 Å². The second-order valence-electron chi connectivity index (χ2n) is 3.12. The van der Waals surface area contributed by atoms with Crippen molar-refractivity contribution in [3.63, 3.8) is 0 Å². The summed E-state index contributed by atoms with van der Waals surface area (Å²) in [5, 5.41) is 10.5. The normalized spacial score (nSPS) is 14.3. The Balaban J connectivity index is 3.18. The van der Waals surface area contributed by atoms with Crippen molar-refractivity contribution in [2.75, 3.05) is 12.0 Å². The summed E-state index contributed by atoms with van der Waals surface area (Å²) in [6.45, 7) is 1.77. The average Bonchev–Trinajstić information content (AvgIpc) is 2.17. The number of nitro groups is 1. The fourth-order valence-electron chi connectivity index (χ4n) is 0.951. The van der Waals surface area contributed by atoms with E-state index in [4.69, 9.17) is 0 Å². The fraction of sp³-hybridized carbons (Fsp3) is 0.333.